The maximum atomic E-state index is 13.0. The van der Waals surface area contributed by atoms with Crippen LogP contribution in [0.2, 0.25) is 0 Å². The van der Waals surface area contributed by atoms with Gasteiger partial charge in [-0.15, -0.1) is 0 Å². The molecule has 0 spiro atoms. The van der Waals surface area contributed by atoms with Crippen LogP contribution in [0, 0.1) is 3.83 Å². The van der Waals surface area contributed by atoms with Crippen molar-refractivity contribution in [2.24, 2.45) is 0 Å². The third-order valence-electron chi connectivity index (χ3n) is 12.1. The summed E-state index contributed by atoms with van der Waals surface area (Å²) in [7, 11) is 6.52. The molecule has 0 amide bonds. The van der Waals surface area contributed by atoms with Crippen molar-refractivity contribution in [2.75, 3.05) is 40.8 Å². The van der Waals surface area contributed by atoms with Gasteiger partial charge in [0.2, 0.25) is 0 Å². The Morgan fingerprint density at radius 2 is 1.00 bits per heavy atom. The molecule has 6 aromatic carbocycles. The van der Waals surface area contributed by atoms with Crippen LogP contribution in [-0.2, 0) is 25.4 Å². The zero-order valence-electron chi connectivity index (χ0n) is 36.7. The molecule has 2 aromatic heterocycles. The van der Waals surface area contributed by atoms with Crippen LogP contribution >= 0.6 is 22.6 Å². The molecule has 3 heterocycles. The third-order valence-corrected chi connectivity index (χ3v) is 12.6. The van der Waals surface area contributed by atoms with Gasteiger partial charge in [0.05, 0.1) is 41.4 Å². The summed E-state index contributed by atoms with van der Waals surface area (Å²) in [5, 5.41) is 13.0. The van der Waals surface area contributed by atoms with Gasteiger partial charge in [-0.3, -0.25) is 4.57 Å². The van der Waals surface area contributed by atoms with E-state index in [0.29, 0.717) is 38.0 Å². The Balaban J connectivity index is 1.21. The van der Waals surface area contributed by atoms with E-state index < -0.39 is 35.7 Å². The summed E-state index contributed by atoms with van der Waals surface area (Å²) in [6, 6.07) is 50.8. The first-order valence-electron chi connectivity index (χ1n) is 21.2. The lowest BCUT2D eigenvalue weighted by Gasteiger charge is -2.40. The number of methoxy groups -OCH3 is 4. The minimum Gasteiger partial charge on any atom is -0.497 e. The number of nitrogens with zero attached hydrogens (tertiary/aromatic N) is 4. The van der Waals surface area contributed by atoms with Gasteiger partial charge in [0.25, 0.3) is 0 Å². The van der Waals surface area contributed by atoms with Crippen LogP contribution in [0.15, 0.2) is 164 Å². The molecule has 1 saturated heterocycles. The van der Waals surface area contributed by atoms with E-state index in [2.05, 4.69) is 9.97 Å². The number of benzene rings is 6. The minimum absolute atomic E-state index is 0.102. The number of ether oxygens (including phenoxy) is 7. The van der Waals surface area contributed by atoms with Crippen molar-refractivity contribution >= 4 is 39.6 Å². The van der Waals surface area contributed by atoms with E-state index in [1.807, 2.05) is 180 Å². The van der Waals surface area contributed by atoms with Crippen LogP contribution in [0.5, 0.6) is 23.0 Å². The lowest BCUT2D eigenvalue weighted by molar-refractivity contribution is -0.123. The first kappa shape index (κ1) is 44.6. The number of nitrogens with two attached hydrogens (primary N) is 1. The Kier molecular flexibility index (Phi) is 12.9. The average molecular weight is 998 g/mol. The topological polar surface area (TPSA) is 154 Å². The van der Waals surface area contributed by atoms with Crippen LogP contribution in [0.25, 0.3) is 11.2 Å². The van der Waals surface area contributed by atoms with Gasteiger partial charge < -0.3 is 44.0 Å². The lowest BCUT2D eigenvalue weighted by atomic mass is 9.79. The summed E-state index contributed by atoms with van der Waals surface area (Å²) >= 11 is 2.03. The fourth-order valence-electron chi connectivity index (χ4n) is 8.82. The molecule has 0 unspecified atom stereocenters. The highest BCUT2D eigenvalue weighted by atomic mass is 127. The molecule has 0 aliphatic carbocycles. The smallest absolute Gasteiger partial charge is 0.194 e. The Bertz CT molecular complexity index is 2770. The normalized spacial score (nSPS) is 17.4. The highest BCUT2D eigenvalue weighted by Gasteiger charge is 2.53. The maximum absolute atomic E-state index is 13.0. The Labute approximate surface area is 396 Å². The Morgan fingerprint density at radius 3 is 1.44 bits per heavy atom. The van der Waals surface area contributed by atoms with Crippen molar-refractivity contribution in [1.82, 2.24) is 19.5 Å². The van der Waals surface area contributed by atoms with Crippen LogP contribution in [0.4, 0.5) is 5.82 Å². The van der Waals surface area contributed by atoms with Gasteiger partial charge in [-0.2, -0.15) is 0 Å². The quantitative estimate of drug-likeness (QED) is 0.0541. The maximum Gasteiger partial charge on any atom is 0.194 e. The second-order valence-corrected chi connectivity index (χ2v) is 16.6. The molecule has 0 saturated carbocycles. The van der Waals surface area contributed by atoms with E-state index in [1.165, 1.54) is 0 Å². The summed E-state index contributed by atoms with van der Waals surface area (Å²) in [6.45, 7) is -0.102. The Hall–Kier alpha value is -6.56. The van der Waals surface area contributed by atoms with Crippen LogP contribution in [-0.4, -0.2) is 78.0 Å². The summed E-state index contributed by atoms with van der Waals surface area (Å²) in [5.41, 5.74) is 9.48. The number of aliphatic hydroxyl groups is 1. The fourth-order valence-corrected chi connectivity index (χ4v) is 9.31. The van der Waals surface area contributed by atoms with Gasteiger partial charge in [0, 0.05) is 22.6 Å². The highest BCUT2D eigenvalue weighted by molar-refractivity contribution is 14.1. The average Bonchev–Trinajstić information content (AvgIpc) is 3.93. The molecule has 1 fully saturated rings. The number of halogens is 1. The van der Waals surface area contributed by atoms with Gasteiger partial charge in [-0.25, -0.2) is 15.0 Å². The van der Waals surface area contributed by atoms with Crippen molar-refractivity contribution in [1.29, 1.82) is 0 Å². The van der Waals surface area contributed by atoms with Crippen molar-refractivity contribution in [3.8, 4) is 23.0 Å². The molecular formula is C52H48IN5O8. The molecule has 336 valence electrons. The van der Waals surface area contributed by atoms with E-state index in [4.69, 9.17) is 43.9 Å². The van der Waals surface area contributed by atoms with Gasteiger partial charge in [-0.05, 0) is 81.9 Å². The second kappa shape index (κ2) is 19.1. The molecule has 8 aromatic rings. The second-order valence-electron chi connectivity index (χ2n) is 15.7. The molecule has 4 atom stereocenters. The summed E-state index contributed by atoms with van der Waals surface area (Å²) in [5.74, 6) is 2.93. The van der Waals surface area contributed by atoms with E-state index in [-0.39, 0.29) is 12.4 Å². The number of imidazole rings is 1. The van der Waals surface area contributed by atoms with E-state index in [0.717, 1.165) is 33.4 Å². The first-order valence-corrected chi connectivity index (χ1v) is 22.3. The third kappa shape index (κ3) is 8.19. The van der Waals surface area contributed by atoms with Crippen molar-refractivity contribution in [3.63, 3.8) is 0 Å². The molecule has 0 bridgehead atoms. The molecule has 1 aliphatic rings. The highest BCUT2D eigenvalue weighted by Crippen LogP contribution is 2.48. The summed E-state index contributed by atoms with van der Waals surface area (Å²) in [6.07, 6.45) is -2.80. The van der Waals surface area contributed by atoms with E-state index in [1.54, 1.807) is 39.3 Å². The number of aromatic nitrogens is 4. The number of nitrogen functional groups attached to an aromatic ring is 1. The summed E-state index contributed by atoms with van der Waals surface area (Å²) in [4.78, 5) is 13.8. The van der Waals surface area contributed by atoms with Crippen molar-refractivity contribution < 1.29 is 38.3 Å². The lowest BCUT2D eigenvalue weighted by Crippen LogP contribution is -2.45. The molecule has 3 N–H and O–H groups in total. The first-order chi connectivity index (χ1) is 32.2. The SMILES string of the molecule is COc1ccc(C(OC[C@H]2O[C@@H](n3cnc4c(N)nc(I)nc43)[C@H](OC(c3ccccc3)(c3ccc(OC)cc3)c3ccc(OC)cc3)[C@H]2O)(c2ccccc2)c2ccc(OC)cc2)cc1. The molecule has 0 radical (unpaired) electrons. The number of anilines is 1. The molecule has 13 nitrogen and oxygen atoms in total. The van der Waals surface area contributed by atoms with E-state index in [9.17, 15) is 5.11 Å². The van der Waals surface area contributed by atoms with Crippen LogP contribution in [0.1, 0.15) is 39.6 Å². The van der Waals surface area contributed by atoms with Crippen molar-refractivity contribution in [3.05, 3.63) is 201 Å². The molecule has 14 heteroatoms. The fraction of sp³-hybridized carbons (Fsp3) is 0.212. The van der Waals surface area contributed by atoms with E-state index >= 15 is 0 Å². The van der Waals surface area contributed by atoms with Crippen LogP contribution in [0.3, 0.4) is 0 Å². The molecule has 9 rings (SSSR count). The Morgan fingerprint density at radius 1 is 0.591 bits per heavy atom. The summed E-state index contributed by atoms with van der Waals surface area (Å²) < 4.78 is 46.6. The number of hydrogen-bond acceptors (Lipinski definition) is 12. The standard InChI is InChI=1S/C52H48IN5O8/c1-60-39-23-15-35(16-24-39)51(33-11-7-5-8-12-33,36-17-25-40(61-2)26-18-36)64-31-43-45(59)46(49(65-43)58-32-55-44-47(54)56-50(53)57-48(44)58)66-52(34-13-9-6-10-14-34,37-19-27-41(62-3)28-20-37)38-21-29-42(63-4)30-22-38/h5-30,32,43,45-46,49,59H,31H2,1-4H3,(H2,54,56,57)/t43-,45+,46-,49-/m1/s1. The minimum atomic E-state index is -1.35. The molecule has 1 aliphatic heterocycles. The predicted octanol–water partition coefficient (Wildman–Crippen LogP) is 8.69. The molecule has 66 heavy (non-hydrogen) atoms. The van der Waals surface area contributed by atoms with Gasteiger partial charge >= 0.3 is 0 Å². The zero-order valence-corrected chi connectivity index (χ0v) is 38.8. The predicted molar refractivity (Wildman–Crippen MR) is 258 cm³/mol. The van der Waals surface area contributed by atoms with Gasteiger partial charge in [0.15, 0.2) is 21.5 Å². The van der Waals surface area contributed by atoms with Crippen LogP contribution < -0.4 is 24.7 Å². The monoisotopic (exact) mass is 997 g/mol. The molecular weight excluding hydrogens is 950 g/mol. The van der Waals surface area contributed by atoms with Gasteiger partial charge in [0.1, 0.15) is 58.0 Å². The zero-order chi connectivity index (χ0) is 45.8. The largest absolute Gasteiger partial charge is 0.497 e. The number of rotatable bonds is 16. The number of aliphatic hydroxyl groups excluding tert-OH is 1. The van der Waals surface area contributed by atoms with Gasteiger partial charge in [-0.1, -0.05) is 109 Å². The number of hydrogen-bond donors (Lipinski definition) is 2. The number of fused-ring (bicyclic) bond motifs is 1. The van der Waals surface area contributed by atoms with Crippen molar-refractivity contribution in [2.45, 2.75) is 35.7 Å².